The first kappa shape index (κ1) is 14.4. The van der Waals surface area contributed by atoms with Crippen molar-refractivity contribution in [3.63, 3.8) is 0 Å². The number of rotatable bonds is 5. The van der Waals surface area contributed by atoms with Crippen molar-refractivity contribution in [3.8, 4) is 12.3 Å². The molecule has 1 unspecified atom stereocenters. The molecule has 0 fully saturated rings. The van der Waals surface area contributed by atoms with Gasteiger partial charge in [-0.1, -0.05) is 19.8 Å². The van der Waals surface area contributed by atoms with Crippen molar-refractivity contribution in [1.82, 2.24) is 4.98 Å². The van der Waals surface area contributed by atoms with Gasteiger partial charge in [0.05, 0.1) is 11.0 Å². The molecule has 100 valence electrons. The average Bonchev–Trinajstić information content (AvgIpc) is 2.34. The second-order valence-corrected chi connectivity index (χ2v) is 4.16. The topological polar surface area (TPSA) is 105 Å². The third-order valence-corrected chi connectivity index (χ3v) is 2.43. The van der Waals surface area contributed by atoms with Crippen LogP contribution in [0.15, 0.2) is 12.1 Å². The molecule has 1 aromatic rings. The van der Waals surface area contributed by atoms with E-state index in [1.165, 1.54) is 0 Å². The minimum absolute atomic E-state index is 0.0138. The molecule has 2 N–H and O–H groups in total. The van der Waals surface area contributed by atoms with Crippen LogP contribution in [-0.4, -0.2) is 27.0 Å². The number of carbonyl (C=O) groups is 1. The lowest BCUT2D eigenvalue weighted by atomic mass is 10.1. The van der Waals surface area contributed by atoms with Crippen molar-refractivity contribution in [2.24, 2.45) is 5.92 Å². The lowest BCUT2D eigenvalue weighted by Gasteiger charge is -2.17. The van der Waals surface area contributed by atoms with Crippen molar-refractivity contribution in [2.45, 2.75) is 19.9 Å². The summed E-state index contributed by atoms with van der Waals surface area (Å²) in [4.78, 5) is 24.8. The molecular formula is C12H13N3O4. The number of pyridine rings is 1. The lowest BCUT2D eigenvalue weighted by molar-refractivity contribution is -0.384. The third kappa shape index (κ3) is 3.42. The van der Waals surface area contributed by atoms with E-state index in [1.807, 2.05) is 13.8 Å². The number of hydrogen-bond donors (Lipinski definition) is 2. The van der Waals surface area contributed by atoms with Crippen LogP contribution in [0.5, 0.6) is 0 Å². The van der Waals surface area contributed by atoms with E-state index in [1.54, 1.807) is 0 Å². The lowest BCUT2D eigenvalue weighted by Crippen LogP contribution is -2.25. The zero-order valence-electron chi connectivity index (χ0n) is 10.5. The van der Waals surface area contributed by atoms with Crippen LogP contribution in [0.4, 0.5) is 11.5 Å². The molecule has 0 bridgehead atoms. The molecule has 0 spiro atoms. The molecule has 0 aromatic carbocycles. The molecule has 0 radical (unpaired) electrons. The summed E-state index contributed by atoms with van der Waals surface area (Å²) in [7, 11) is 0. The molecular weight excluding hydrogens is 250 g/mol. The Balaban J connectivity index is 3.22. The summed E-state index contributed by atoms with van der Waals surface area (Å²) >= 11 is 0. The van der Waals surface area contributed by atoms with Gasteiger partial charge in [-0.05, 0) is 12.0 Å². The molecule has 0 aliphatic heterocycles. The van der Waals surface area contributed by atoms with Gasteiger partial charge in [-0.2, -0.15) is 0 Å². The van der Waals surface area contributed by atoms with Gasteiger partial charge in [0.1, 0.15) is 0 Å². The van der Waals surface area contributed by atoms with Gasteiger partial charge >= 0.3 is 11.7 Å². The highest BCUT2D eigenvalue weighted by Crippen LogP contribution is 2.24. The molecule has 19 heavy (non-hydrogen) atoms. The Labute approximate surface area is 109 Å². The first-order valence-corrected chi connectivity index (χ1v) is 5.48. The summed E-state index contributed by atoms with van der Waals surface area (Å²) in [6.45, 7) is 3.68. The van der Waals surface area contributed by atoms with Gasteiger partial charge in [-0.3, -0.25) is 10.1 Å². The molecule has 7 heteroatoms. The van der Waals surface area contributed by atoms with Gasteiger partial charge in [0.15, 0.2) is 5.69 Å². The van der Waals surface area contributed by atoms with Crippen LogP contribution in [-0.2, 0) is 0 Å². The molecule has 0 saturated carbocycles. The van der Waals surface area contributed by atoms with E-state index in [-0.39, 0.29) is 23.1 Å². The number of terminal acetylenes is 1. The van der Waals surface area contributed by atoms with Gasteiger partial charge in [0.2, 0.25) is 5.82 Å². The zero-order chi connectivity index (χ0) is 14.6. The van der Waals surface area contributed by atoms with E-state index in [0.29, 0.717) is 0 Å². The number of carboxylic acids is 1. The minimum atomic E-state index is -1.26. The SMILES string of the molecule is C#CC(Nc1nc(C(=O)O)ccc1[N+](=O)[O-])C(C)C. The number of nitrogens with one attached hydrogen (secondary N) is 1. The van der Waals surface area contributed by atoms with Crippen LogP contribution < -0.4 is 5.32 Å². The fourth-order valence-corrected chi connectivity index (χ4v) is 1.37. The predicted octanol–water partition coefficient (Wildman–Crippen LogP) is 1.76. The largest absolute Gasteiger partial charge is 0.477 e. The Hall–Kier alpha value is -2.62. The summed E-state index contributed by atoms with van der Waals surface area (Å²) in [5, 5.41) is 22.4. The zero-order valence-corrected chi connectivity index (χ0v) is 10.5. The number of anilines is 1. The van der Waals surface area contributed by atoms with E-state index < -0.39 is 16.9 Å². The highest BCUT2D eigenvalue weighted by atomic mass is 16.6. The number of carboxylic acid groups (broad SMARTS) is 1. The van der Waals surface area contributed by atoms with Crippen LogP contribution in [0.2, 0.25) is 0 Å². The standard InChI is InChI=1S/C12H13N3O4/c1-4-8(7(2)3)13-11-10(15(18)19)6-5-9(14-11)12(16)17/h1,5-8H,2-3H3,(H,13,14)(H,16,17). The average molecular weight is 263 g/mol. The highest BCUT2D eigenvalue weighted by molar-refractivity contribution is 5.86. The minimum Gasteiger partial charge on any atom is -0.477 e. The first-order chi connectivity index (χ1) is 8.86. The first-order valence-electron chi connectivity index (χ1n) is 5.48. The van der Waals surface area contributed by atoms with Crippen LogP contribution in [0.25, 0.3) is 0 Å². The predicted molar refractivity (Wildman–Crippen MR) is 68.9 cm³/mol. The Morgan fingerprint density at radius 1 is 1.58 bits per heavy atom. The Morgan fingerprint density at radius 2 is 2.21 bits per heavy atom. The fraction of sp³-hybridized carbons (Fsp3) is 0.333. The van der Waals surface area contributed by atoms with Gasteiger partial charge in [0, 0.05) is 6.07 Å². The van der Waals surface area contributed by atoms with Crippen molar-refractivity contribution < 1.29 is 14.8 Å². The number of hydrogen-bond acceptors (Lipinski definition) is 5. The van der Waals surface area contributed by atoms with E-state index >= 15 is 0 Å². The Morgan fingerprint density at radius 3 is 2.63 bits per heavy atom. The smallest absolute Gasteiger partial charge is 0.354 e. The maximum absolute atomic E-state index is 10.9. The summed E-state index contributed by atoms with van der Waals surface area (Å²) in [6, 6.07) is 1.69. The quantitative estimate of drug-likeness (QED) is 0.476. The fourth-order valence-electron chi connectivity index (χ4n) is 1.37. The van der Waals surface area contributed by atoms with E-state index in [4.69, 9.17) is 11.5 Å². The van der Waals surface area contributed by atoms with Crippen molar-refractivity contribution in [3.05, 3.63) is 27.9 Å². The van der Waals surface area contributed by atoms with Crippen molar-refractivity contribution >= 4 is 17.5 Å². The number of nitro groups is 1. The monoisotopic (exact) mass is 263 g/mol. The van der Waals surface area contributed by atoms with Gasteiger partial charge in [-0.15, -0.1) is 6.42 Å². The molecule has 1 heterocycles. The van der Waals surface area contributed by atoms with E-state index in [9.17, 15) is 14.9 Å². The molecule has 0 saturated heterocycles. The van der Waals surface area contributed by atoms with E-state index in [2.05, 4.69) is 16.2 Å². The molecule has 0 aliphatic carbocycles. The molecule has 1 atom stereocenters. The number of nitrogens with zero attached hydrogens (tertiary/aromatic N) is 2. The summed E-state index contributed by atoms with van der Waals surface area (Å²) in [6.07, 6.45) is 5.32. The highest BCUT2D eigenvalue weighted by Gasteiger charge is 2.21. The molecule has 0 aliphatic rings. The van der Waals surface area contributed by atoms with Crippen LogP contribution in [0, 0.1) is 28.4 Å². The molecule has 7 nitrogen and oxygen atoms in total. The van der Waals surface area contributed by atoms with Crippen molar-refractivity contribution in [2.75, 3.05) is 5.32 Å². The molecule has 1 rings (SSSR count). The van der Waals surface area contributed by atoms with Gasteiger partial charge < -0.3 is 10.4 Å². The normalized spacial score (nSPS) is 11.7. The van der Waals surface area contributed by atoms with Crippen LogP contribution >= 0.6 is 0 Å². The van der Waals surface area contributed by atoms with Crippen LogP contribution in [0.1, 0.15) is 24.3 Å². The number of aromatic nitrogens is 1. The summed E-state index contributed by atoms with van der Waals surface area (Å²) in [5.74, 6) is 1.06. The molecule has 1 aromatic heterocycles. The van der Waals surface area contributed by atoms with Gasteiger partial charge in [-0.25, -0.2) is 9.78 Å². The second kappa shape index (κ2) is 5.82. The maximum Gasteiger partial charge on any atom is 0.354 e. The Kier molecular flexibility index (Phi) is 4.42. The van der Waals surface area contributed by atoms with Gasteiger partial charge in [0.25, 0.3) is 0 Å². The summed E-state index contributed by atoms with van der Waals surface area (Å²) < 4.78 is 0. The molecule has 0 amide bonds. The Bertz CT molecular complexity index is 548. The summed E-state index contributed by atoms with van der Waals surface area (Å²) in [5.41, 5.74) is -0.599. The maximum atomic E-state index is 10.9. The van der Waals surface area contributed by atoms with E-state index in [0.717, 1.165) is 12.1 Å². The van der Waals surface area contributed by atoms with Crippen molar-refractivity contribution in [1.29, 1.82) is 0 Å². The van der Waals surface area contributed by atoms with Crippen LogP contribution in [0.3, 0.4) is 0 Å². The third-order valence-electron chi connectivity index (χ3n) is 2.43. The second-order valence-electron chi connectivity index (χ2n) is 4.16. The number of aromatic carboxylic acids is 1.